The van der Waals surface area contributed by atoms with Gasteiger partial charge in [-0.2, -0.15) is 0 Å². The summed E-state index contributed by atoms with van der Waals surface area (Å²) in [6.07, 6.45) is 4.63. The molecule has 66 valence electrons. The third-order valence-electron chi connectivity index (χ3n) is 1.96. The van der Waals surface area contributed by atoms with Crippen LogP contribution in [0.25, 0.3) is 0 Å². The zero-order chi connectivity index (χ0) is 8.91. The molecule has 0 bridgehead atoms. The van der Waals surface area contributed by atoms with Crippen molar-refractivity contribution >= 4 is 46.4 Å². The Labute approximate surface area is 86.6 Å². The van der Waals surface area contributed by atoms with E-state index < -0.39 is 0 Å². The molecule has 0 radical (unpaired) electrons. The molecule has 0 rings (SSSR count). The van der Waals surface area contributed by atoms with E-state index in [2.05, 4.69) is 45.1 Å². The number of rotatable bonds is 5. The van der Waals surface area contributed by atoms with Gasteiger partial charge in [0.1, 0.15) is 5.85 Å². The molecule has 0 spiro atoms. The summed E-state index contributed by atoms with van der Waals surface area (Å²) in [6.45, 7) is 2.08. The minimum Gasteiger partial charge on any atom is -0.384 e. The molecule has 0 aromatic carbocycles. The summed E-state index contributed by atoms with van der Waals surface area (Å²) in [5, 5.41) is 11.3. The van der Waals surface area contributed by atoms with Crippen molar-refractivity contribution in [2.75, 3.05) is 10.7 Å². The molecule has 1 N–H and O–H groups in total. The lowest BCUT2D eigenvalue weighted by molar-refractivity contribution is 0.132. The molecule has 1 nitrogen and oxygen atoms in total. The molecule has 0 aliphatic carbocycles. The van der Waals surface area contributed by atoms with Gasteiger partial charge in [-0.05, 0) is 6.42 Å². The molecule has 0 saturated heterocycles. The standard InChI is InChI=1S/C7H13Br2OP/c1-3-7(4-8,5-9)6(10)11-2/h6,10H,2-5H2,1H3. The van der Waals surface area contributed by atoms with E-state index in [0.717, 1.165) is 25.3 Å². The Morgan fingerprint density at radius 3 is 2.09 bits per heavy atom. The Kier molecular flexibility index (Phi) is 6.25. The summed E-state index contributed by atoms with van der Waals surface area (Å²) >= 11 is 6.83. The second-order valence-electron chi connectivity index (χ2n) is 2.54. The first-order chi connectivity index (χ1) is 5.16. The molecule has 11 heavy (non-hydrogen) atoms. The van der Waals surface area contributed by atoms with Gasteiger partial charge in [0.15, 0.2) is 0 Å². The smallest absolute Gasteiger partial charge is 0.102 e. The molecule has 0 amide bonds. The van der Waals surface area contributed by atoms with E-state index >= 15 is 0 Å². The SMILES string of the molecule is C=PC(O)C(CC)(CBr)CBr. The summed E-state index contributed by atoms with van der Waals surface area (Å²) in [4.78, 5) is 0. The van der Waals surface area contributed by atoms with E-state index in [-0.39, 0.29) is 11.3 Å². The second-order valence-corrected chi connectivity index (χ2v) is 4.52. The average Bonchev–Trinajstić information content (AvgIpc) is 2.08. The molecular weight excluding hydrogens is 291 g/mol. The average molecular weight is 304 g/mol. The fraction of sp³-hybridized carbons (Fsp3) is 0.857. The van der Waals surface area contributed by atoms with E-state index in [1.165, 1.54) is 0 Å². The Bertz CT molecular complexity index is 117. The topological polar surface area (TPSA) is 20.2 Å². The van der Waals surface area contributed by atoms with E-state index in [0.29, 0.717) is 0 Å². The van der Waals surface area contributed by atoms with Crippen molar-refractivity contribution in [3.63, 3.8) is 0 Å². The molecule has 0 aromatic rings. The molecule has 1 atom stereocenters. The molecule has 0 heterocycles. The van der Waals surface area contributed by atoms with Gasteiger partial charge in [-0.3, -0.25) is 0 Å². The zero-order valence-electron chi connectivity index (χ0n) is 6.56. The highest BCUT2D eigenvalue weighted by molar-refractivity contribution is 9.09. The maximum atomic E-state index is 9.63. The lowest BCUT2D eigenvalue weighted by Gasteiger charge is -2.31. The molecule has 0 aromatic heterocycles. The minimum absolute atomic E-state index is 0.0523. The van der Waals surface area contributed by atoms with Crippen LogP contribution in [0.3, 0.4) is 0 Å². The Hall–Kier alpha value is 1.09. The highest BCUT2D eigenvalue weighted by Crippen LogP contribution is 2.35. The molecular formula is C7H13Br2OP. The highest BCUT2D eigenvalue weighted by atomic mass is 79.9. The molecule has 0 aliphatic heterocycles. The van der Waals surface area contributed by atoms with Gasteiger partial charge >= 0.3 is 0 Å². The summed E-state index contributed by atoms with van der Waals surface area (Å²) in [5.41, 5.74) is -0.0523. The third-order valence-corrected chi connectivity index (χ3v) is 5.08. The lowest BCUT2D eigenvalue weighted by Crippen LogP contribution is -2.34. The summed E-state index contributed by atoms with van der Waals surface area (Å²) in [7, 11) is 0.800. The van der Waals surface area contributed by atoms with Gasteiger partial charge < -0.3 is 5.11 Å². The Morgan fingerprint density at radius 2 is 2.00 bits per heavy atom. The van der Waals surface area contributed by atoms with Gasteiger partial charge in [0, 0.05) is 16.1 Å². The molecule has 1 unspecified atom stereocenters. The van der Waals surface area contributed by atoms with Crippen molar-refractivity contribution in [1.29, 1.82) is 0 Å². The van der Waals surface area contributed by atoms with Crippen molar-refractivity contribution in [3.8, 4) is 0 Å². The fourth-order valence-corrected chi connectivity index (χ4v) is 4.33. The number of hydrogen-bond donors (Lipinski definition) is 1. The van der Waals surface area contributed by atoms with Crippen LogP contribution in [-0.2, 0) is 0 Å². The Balaban J connectivity index is 4.38. The largest absolute Gasteiger partial charge is 0.384 e. The van der Waals surface area contributed by atoms with Gasteiger partial charge in [-0.1, -0.05) is 53.3 Å². The minimum atomic E-state index is -0.341. The highest BCUT2D eigenvalue weighted by Gasteiger charge is 2.32. The number of halogens is 2. The quantitative estimate of drug-likeness (QED) is 0.612. The van der Waals surface area contributed by atoms with E-state index in [4.69, 9.17) is 0 Å². The zero-order valence-corrected chi connectivity index (χ0v) is 10.6. The van der Waals surface area contributed by atoms with Crippen molar-refractivity contribution in [1.82, 2.24) is 0 Å². The van der Waals surface area contributed by atoms with Crippen LogP contribution in [-0.4, -0.2) is 27.9 Å². The monoisotopic (exact) mass is 302 g/mol. The number of aliphatic hydroxyl groups excluding tert-OH is 1. The number of aliphatic hydroxyl groups is 1. The van der Waals surface area contributed by atoms with Crippen LogP contribution < -0.4 is 0 Å². The second kappa shape index (κ2) is 5.69. The van der Waals surface area contributed by atoms with Crippen LogP contribution in [0.5, 0.6) is 0 Å². The predicted molar refractivity (Wildman–Crippen MR) is 60.4 cm³/mol. The maximum absolute atomic E-state index is 9.63. The summed E-state index contributed by atoms with van der Waals surface area (Å²) in [5.74, 6) is -0.341. The Morgan fingerprint density at radius 1 is 1.55 bits per heavy atom. The van der Waals surface area contributed by atoms with Gasteiger partial charge in [0.25, 0.3) is 0 Å². The number of alkyl halides is 2. The predicted octanol–water partition coefficient (Wildman–Crippen LogP) is 2.87. The van der Waals surface area contributed by atoms with Crippen molar-refractivity contribution in [2.24, 2.45) is 5.41 Å². The summed E-state index contributed by atoms with van der Waals surface area (Å²) < 4.78 is 0. The van der Waals surface area contributed by atoms with E-state index in [1.54, 1.807) is 0 Å². The normalized spacial score (nSPS) is 15.3. The first kappa shape index (κ1) is 12.1. The van der Waals surface area contributed by atoms with Crippen LogP contribution in [0.2, 0.25) is 0 Å². The van der Waals surface area contributed by atoms with E-state index in [9.17, 15) is 5.11 Å². The van der Waals surface area contributed by atoms with Crippen LogP contribution in [0.4, 0.5) is 0 Å². The van der Waals surface area contributed by atoms with Crippen molar-refractivity contribution in [3.05, 3.63) is 0 Å². The van der Waals surface area contributed by atoms with Gasteiger partial charge in [0.05, 0.1) is 0 Å². The van der Waals surface area contributed by atoms with Crippen LogP contribution in [0.1, 0.15) is 13.3 Å². The van der Waals surface area contributed by atoms with Crippen LogP contribution >= 0.6 is 40.1 Å². The maximum Gasteiger partial charge on any atom is 0.102 e. The molecule has 4 heteroatoms. The van der Waals surface area contributed by atoms with Gasteiger partial charge in [-0.15, -0.1) is 0 Å². The molecule has 0 saturated carbocycles. The van der Waals surface area contributed by atoms with Crippen LogP contribution in [0, 0.1) is 5.41 Å². The molecule has 0 fully saturated rings. The fourth-order valence-electron chi connectivity index (χ4n) is 0.739. The lowest BCUT2D eigenvalue weighted by atomic mass is 9.91. The first-order valence-electron chi connectivity index (χ1n) is 3.42. The first-order valence-corrected chi connectivity index (χ1v) is 6.82. The third kappa shape index (κ3) is 2.80. The van der Waals surface area contributed by atoms with Crippen molar-refractivity contribution in [2.45, 2.75) is 19.2 Å². The van der Waals surface area contributed by atoms with E-state index in [1.807, 2.05) is 0 Å². The number of hydrogen-bond acceptors (Lipinski definition) is 1. The van der Waals surface area contributed by atoms with Crippen molar-refractivity contribution < 1.29 is 5.11 Å². The van der Waals surface area contributed by atoms with Gasteiger partial charge in [-0.25, -0.2) is 0 Å². The van der Waals surface area contributed by atoms with Gasteiger partial charge in [0.2, 0.25) is 0 Å². The molecule has 0 aliphatic rings. The summed E-state index contributed by atoms with van der Waals surface area (Å²) in [6, 6.07) is 0. The van der Waals surface area contributed by atoms with Crippen LogP contribution in [0.15, 0.2) is 0 Å².